The fourth-order valence-corrected chi connectivity index (χ4v) is 1.79. The summed E-state index contributed by atoms with van der Waals surface area (Å²) in [6.07, 6.45) is 1.28. The highest BCUT2D eigenvalue weighted by atomic mass is 19.4. The first-order chi connectivity index (χ1) is 11.4. The number of hydrogen-bond donors (Lipinski definition) is 2. The molecule has 0 aliphatic carbocycles. The number of carbonyl (C=O) groups is 1. The second kappa shape index (κ2) is 7.49. The Labute approximate surface area is 136 Å². The van der Waals surface area contributed by atoms with Crippen molar-refractivity contribution in [3.8, 4) is 0 Å². The summed E-state index contributed by atoms with van der Waals surface area (Å²) in [7, 11) is 1.25. The van der Waals surface area contributed by atoms with Crippen molar-refractivity contribution in [3.05, 3.63) is 59.9 Å². The third-order valence-corrected chi connectivity index (χ3v) is 2.98. The van der Waals surface area contributed by atoms with E-state index in [1.165, 1.54) is 43.8 Å². The van der Waals surface area contributed by atoms with Gasteiger partial charge in [0.15, 0.2) is 0 Å². The summed E-state index contributed by atoms with van der Waals surface area (Å²) in [4.78, 5) is 15.1. The number of alkyl halides is 3. The van der Waals surface area contributed by atoms with Gasteiger partial charge in [0.05, 0.1) is 24.0 Å². The molecule has 2 aromatic rings. The van der Waals surface area contributed by atoms with Crippen LogP contribution < -0.4 is 10.9 Å². The Morgan fingerprint density at radius 3 is 2.75 bits per heavy atom. The molecule has 2 N–H and O–H groups in total. The average molecular weight is 337 g/mol. The summed E-state index contributed by atoms with van der Waals surface area (Å²) >= 11 is 0. The number of hydrazine groups is 1. The Kier molecular flexibility index (Phi) is 5.41. The van der Waals surface area contributed by atoms with Gasteiger partial charge in [-0.1, -0.05) is 6.07 Å². The van der Waals surface area contributed by atoms with Crippen LogP contribution in [0.15, 0.2) is 48.8 Å². The zero-order valence-corrected chi connectivity index (χ0v) is 12.6. The first kappa shape index (κ1) is 17.3. The van der Waals surface area contributed by atoms with Crippen molar-refractivity contribution in [1.29, 1.82) is 0 Å². The van der Waals surface area contributed by atoms with Crippen molar-refractivity contribution < 1.29 is 22.7 Å². The smallest absolute Gasteiger partial charge is 0.416 e. The van der Waals surface area contributed by atoms with Crippen molar-refractivity contribution >= 4 is 23.4 Å². The van der Waals surface area contributed by atoms with Crippen molar-refractivity contribution in [2.45, 2.75) is 6.18 Å². The Hall–Kier alpha value is -3.03. The van der Waals surface area contributed by atoms with Gasteiger partial charge in [0.25, 0.3) is 0 Å². The lowest BCUT2D eigenvalue weighted by Crippen LogP contribution is -2.11. The van der Waals surface area contributed by atoms with Gasteiger partial charge in [0.1, 0.15) is 0 Å². The van der Waals surface area contributed by atoms with Crippen LogP contribution in [0.1, 0.15) is 11.1 Å². The van der Waals surface area contributed by atoms with Crippen molar-refractivity contribution in [1.82, 2.24) is 4.98 Å². The number of nitrogens with zero attached hydrogens (tertiary/aromatic N) is 1. The van der Waals surface area contributed by atoms with Crippen LogP contribution in [0.25, 0.3) is 6.08 Å². The summed E-state index contributed by atoms with van der Waals surface area (Å²) in [5.74, 6) is -0.532. The van der Waals surface area contributed by atoms with Gasteiger partial charge in [-0.25, -0.2) is 4.79 Å². The van der Waals surface area contributed by atoms with E-state index in [0.717, 1.165) is 12.1 Å². The van der Waals surface area contributed by atoms with E-state index in [1.54, 1.807) is 6.07 Å². The lowest BCUT2D eigenvalue weighted by molar-refractivity contribution is -0.137. The topological polar surface area (TPSA) is 63.2 Å². The molecule has 0 saturated carbocycles. The van der Waals surface area contributed by atoms with Gasteiger partial charge >= 0.3 is 12.1 Å². The minimum absolute atomic E-state index is 0.240. The summed E-state index contributed by atoms with van der Waals surface area (Å²) in [5.41, 5.74) is 6.05. The highest BCUT2D eigenvalue weighted by molar-refractivity contribution is 5.88. The SMILES string of the molecule is COC(=O)/C=C/c1cnccc1NNc1cccc(C(F)(F)F)c1. The second-order valence-corrected chi connectivity index (χ2v) is 4.65. The number of halogens is 3. The van der Waals surface area contributed by atoms with E-state index in [2.05, 4.69) is 20.6 Å². The molecule has 1 aromatic heterocycles. The molecule has 5 nitrogen and oxygen atoms in total. The molecule has 0 bridgehead atoms. The Morgan fingerprint density at radius 2 is 2.04 bits per heavy atom. The molecule has 0 amide bonds. The monoisotopic (exact) mass is 337 g/mol. The summed E-state index contributed by atoms with van der Waals surface area (Å²) in [5, 5.41) is 0. The van der Waals surface area contributed by atoms with Gasteiger partial charge in [-0.3, -0.25) is 4.98 Å². The minimum atomic E-state index is -4.41. The number of anilines is 2. The van der Waals surface area contributed by atoms with E-state index in [0.29, 0.717) is 11.3 Å². The lowest BCUT2D eigenvalue weighted by atomic mass is 10.2. The zero-order chi connectivity index (χ0) is 17.6. The predicted octanol–water partition coefficient (Wildman–Crippen LogP) is 3.73. The van der Waals surface area contributed by atoms with E-state index < -0.39 is 17.7 Å². The van der Waals surface area contributed by atoms with Crippen LogP contribution >= 0.6 is 0 Å². The van der Waals surface area contributed by atoms with E-state index in [4.69, 9.17) is 0 Å². The van der Waals surface area contributed by atoms with E-state index in [9.17, 15) is 18.0 Å². The summed E-state index contributed by atoms with van der Waals surface area (Å²) < 4.78 is 42.6. The van der Waals surface area contributed by atoms with Gasteiger partial charge in [-0.05, 0) is 30.3 Å². The van der Waals surface area contributed by atoms with Crippen molar-refractivity contribution in [2.24, 2.45) is 0 Å². The fourth-order valence-electron chi connectivity index (χ4n) is 1.79. The number of aromatic nitrogens is 1. The third kappa shape index (κ3) is 4.73. The number of rotatable bonds is 5. The molecule has 126 valence electrons. The van der Waals surface area contributed by atoms with E-state index in [1.807, 2.05) is 0 Å². The molecule has 2 rings (SSSR count). The quantitative estimate of drug-likeness (QED) is 0.494. The van der Waals surface area contributed by atoms with Crippen LogP contribution in [0.5, 0.6) is 0 Å². The zero-order valence-electron chi connectivity index (χ0n) is 12.6. The maximum absolute atomic E-state index is 12.7. The van der Waals surface area contributed by atoms with Gasteiger partial charge in [0, 0.05) is 24.0 Å². The van der Waals surface area contributed by atoms with Crippen LogP contribution in [0.3, 0.4) is 0 Å². The molecule has 0 aliphatic heterocycles. The third-order valence-electron chi connectivity index (χ3n) is 2.98. The molecular formula is C16H14F3N3O2. The largest absolute Gasteiger partial charge is 0.466 e. The first-order valence-corrected chi connectivity index (χ1v) is 6.79. The van der Waals surface area contributed by atoms with Gasteiger partial charge in [-0.15, -0.1) is 0 Å². The highest BCUT2D eigenvalue weighted by Crippen LogP contribution is 2.30. The molecule has 0 spiro atoms. The number of ether oxygens (including phenoxy) is 1. The number of pyridine rings is 1. The molecular weight excluding hydrogens is 323 g/mol. The average Bonchev–Trinajstić information content (AvgIpc) is 2.58. The minimum Gasteiger partial charge on any atom is -0.466 e. The van der Waals surface area contributed by atoms with Crippen LogP contribution in [-0.4, -0.2) is 18.1 Å². The normalized spacial score (nSPS) is 11.3. The number of carbonyl (C=O) groups excluding carboxylic acids is 1. The molecule has 0 atom stereocenters. The number of nitrogens with one attached hydrogen (secondary N) is 2. The standard InChI is InChI=1S/C16H14F3N3O2/c1-24-15(23)6-5-11-10-20-8-7-14(11)22-21-13-4-2-3-12(9-13)16(17,18)19/h2-10,21H,1H3,(H,20,22)/b6-5+. The molecule has 1 aromatic carbocycles. The Balaban J connectivity index is 2.13. The molecule has 24 heavy (non-hydrogen) atoms. The molecule has 0 unspecified atom stereocenters. The highest BCUT2D eigenvalue weighted by Gasteiger charge is 2.30. The maximum atomic E-state index is 12.7. The Morgan fingerprint density at radius 1 is 1.25 bits per heavy atom. The molecule has 8 heteroatoms. The van der Waals surface area contributed by atoms with Gasteiger partial charge in [0.2, 0.25) is 0 Å². The number of hydrogen-bond acceptors (Lipinski definition) is 5. The first-order valence-electron chi connectivity index (χ1n) is 6.79. The van der Waals surface area contributed by atoms with Crippen LogP contribution in [-0.2, 0) is 15.7 Å². The lowest BCUT2D eigenvalue weighted by Gasteiger charge is -2.13. The second-order valence-electron chi connectivity index (χ2n) is 4.65. The molecule has 0 radical (unpaired) electrons. The molecule has 0 fully saturated rings. The van der Waals surface area contributed by atoms with Crippen LogP contribution in [0, 0.1) is 0 Å². The fraction of sp³-hybridized carbons (Fsp3) is 0.125. The van der Waals surface area contributed by atoms with E-state index in [-0.39, 0.29) is 5.69 Å². The van der Waals surface area contributed by atoms with Crippen LogP contribution in [0.2, 0.25) is 0 Å². The number of benzene rings is 1. The summed E-state index contributed by atoms with van der Waals surface area (Å²) in [6, 6.07) is 6.38. The number of methoxy groups -OCH3 is 1. The van der Waals surface area contributed by atoms with Crippen LogP contribution in [0.4, 0.5) is 24.5 Å². The van der Waals surface area contributed by atoms with Crippen molar-refractivity contribution in [3.63, 3.8) is 0 Å². The molecule has 0 saturated heterocycles. The van der Waals surface area contributed by atoms with Gasteiger partial charge < -0.3 is 15.6 Å². The summed E-state index contributed by atoms with van der Waals surface area (Å²) in [6.45, 7) is 0. The van der Waals surface area contributed by atoms with E-state index >= 15 is 0 Å². The number of esters is 1. The predicted molar refractivity (Wildman–Crippen MR) is 84.0 cm³/mol. The van der Waals surface area contributed by atoms with Gasteiger partial charge in [-0.2, -0.15) is 13.2 Å². The molecule has 0 aliphatic rings. The molecule has 1 heterocycles. The maximum Gasteiger partial charge on any atom is 0.416 e. The Bertz CT molecular complexity index is 745. The van der Waals surface area contributed by atoms with Crippen molar-refractivity contribution in [2.75, 3.05) is 18.0 Å².